The van der Waals surface area contributed by atoms with Crippen molar-refractivity contribution in [3.05, 3.63) is 23.8 Å². The molecule has 1 atom stereocenters. The lowest BCUT2D eigenvalue weighted by molar-refractivity contribution is -0.121. The average molecular weight is 276 g/mol. The number of likely N-dealkylation sites (tertiary alicyclic amines) is 1. The normalized spacial score (nSPS) is 17.6. The van der Waals surface area contributed by atoms with E-state index in [2.05, 4.69) is 10.2 Å². The molecule has 0 aliphatic carbocycles. The molecule has 0 saturated carbocycles. The van der Waals surface area contributed by atoms with Crippen LogP contribution in [0.1, 0.15) is 31.7 Å². The van der Waals surface area contributed by atoms with Gasteiger partial charge in [-0.3, -0.25) is 9.69 Å². The van der Waals surface area contributed by atoms with E-state index in [1.807, 2.05) is 32.0 Å². The van der Waals surface area contributed by atoms with E-state index in [1.165, 1.54) is 19.3 Å². The Hall–Kier alpha value is -1.55. The molecule has 1 saturated heterocycles. The summed E-state index contributed by atoms with van der Waals surface area (Å²) in [6, 6.07) is 5.71. The van der Waals surface area contributed by atoms with Crippen molar-refractivity contribution in [1.29, 1.82) is 0 Å². The number of benzene rings is 1. The highest BCUT2D eigenvalue weighted by Gasteiger charge is 2.23. The molecule has 110 valence electrons. The van der Waals surface area contributed by atoms with Gasteiger partial charge in [-0.05, 0) is 57.5 Å². The van der Waals surface area contributed by atoms with E-state index in [-0.39, 0.29) is 11.9 Å². The van der Waals surface area contributed by atoms with Crippen LogP contribution in [0.15, 0.2) is 18.2 Å². The van der Waals surface area contributed by atoms with Gasteiger partial charge in [0.05, 0.1) is 18.8 Å². The van der Waals surface area contributed by atoms with Crippen molar-refractivity contribution in [2.45, 2.75) is 39.2 Å². The number of hydrogen-bond donors (Lipinski definition) is 1. The zero-order chi connectivity index (χ0) is 14.5. The first-order chi connectivity index (χ1) is 9.61. The molecule has 20 heavy (non-hydrogen) atoms. The van der Waals surface area contributed by atoms with Crippen LogP contribution >= 0.6 is 0 Å². The van der Waals surface area contributed by atoms with Crippen LogP contribution in [0.25, 0.3) is 0 Å². The minimum absolute atomic E-state index is 0.0378. The van der Waals surface area contributed by atoms with Gasteiger partial charge in [0.2, 0.25) is 5.91 Å². The van der Waals surface area contributed by atoms with Crippen molar-refractivity contribution < 1.29 is 9.53 Å². The molecular formula is C16H24N2O2. The van der Waals surface area contributed by atoms with Crippen LogP contribution in [0.5, 0.6) is 5.75 Å². The third-order valence-corrected chi connectivity index (χ3v) is 3.93. The topological polar surface area (TPSA) is 41.6 Å². The van der Waals surface area contributed by atoms with Gasteiger partial charge in [-0.25, -0.2) is 0 Å². The summed E-state index contributed by atoms with van der Waals surface area (Å²) < 4.78 is 5.30. The molecule has 0 aromatic heterocycles. The lowest BCUT2D eigenvalue weighted by Crippen LogP contribution is -2.44. The second kappa shape index (κ2) is 6.75. The quantitative estimate of drug-likeness (QED) is 0.919. The largest absolute Gasteiger partial charge is 0.495 e. The van der Waals surface area contributed by atoms with E-state index in [9.17, 15) is 4.79 Å². The molecule has 1 amide bonds. The van der Waals surface area contributed by atoms with E-state index in [4.69, 9.17) is 4.74 Å². The first kappa shape index (κ1) is 14.9. The number of methoxy groups -OCH3 is 1. The van der Waals surface area contributed by atoms with Crippen LogP contribution in [0.4, 0.5) is 5.69 Å². The standard InChI is InChI=1S/C16H24N2O2/c1-12-7-8-15(20-3)14(11-12)17-16(19)13(2)18-9-5-4-6-10-18/h7-8,11,13H,4-6,9-10H2,1-3H3,(H,17,19). The highest BCUT2D eigenvalue weighted by atomic mass is 16.5. The first-order valence-corrected chi connectivity index (χ1v) is 7.31. The maximum absolute atomic E-state index is 12.4. The van der Waals surface area contributed by atoms with Gasteiger partial charge in [0, 0.05) is 0 Å². The van der Waals surface area contributed by atoms with Crippen LogP contribution in [0.2, 0.25) is 0 Å². The number of amides is 1. The molecule has 0 spiro atoms. The molecule has 2 rings (SSSR count). The van der Waals surface area contributed by atoms with E-state index < -0.39 is 0 Å². The van der Waals surface area contributed by atoms with Crippen molar-refractivity contribution in [3.63, 3.8) is 0 Å². The lowest BCUT2D eigenvalue weighted by Gasteiger charge is -2.31. The lowest BCUT2D eigenvalue weighted by atomic mass is 10.1. The summed E-state index contributed by atoms with van der Waals surface area (Å²) in [7, 11) is 1.62. The molecule has 4 heteroatoms. The van der Waals surface area contributed by atoms with Crippen molar-refractivity contribution >= 4 is 11.6 Å². The predicted molar refractivity (Wildman–Crippen MR) is 81.2 cm³/mol. The zero-order valence-corrected chi connectivity index (χ0v) is 12.6. The molecule has 1 aliphatic rings. The number of aryl methyl sites for hydroxylation is 1. The number of carbonyl (C=O) groups excluding carboxylic acids is 1. The third-order valence-electron chi connectivity index (χ3n) is 3.93. The Balaban J connectivity index is 2.05. The van der Waals surface area contributed by atoms with Gasteiger partial charge in [0.15, 0.2) is 0 Å². The predicted octanol–water partition coefficient (Wildman–Crippen LogP) is 2.82. The second-order valence-electron chi connectivity index (χ2n) is 5.47. The molecule has 1 unspecified atom stereocenters. The first-order valence-electron chi connectivity index (χ1n) is 7.31. The van der Waals surface area contributed by atoms with Crippen LogP contribution in [0, 0.1) is 6.92 Å². The summed E-state index contributed by atoms with van der Waals surface area (Å²) in [5.74, 6) is 0.741. The number of ether oxygens (including phenoxy) is 1. The fourth-order valence-electron chi connectivity index (χ4n) is 2.63. The SMILES string of the molecule is COc1ccc(C)cc1NC(=O)C(C)N1CCCCC1. The van der Waals surface area contributed by atoms with Gasteiger partial charge in [-0.15, -0.1) is 0 Å². The molecule has 1 aromatic carbocycles. The fraction of sp³-hybridized carbons (Fsp3) is 0.562. The van der Waals surface area contributed by atoms with Gasteiger partial charge in [0.25, 0.3) is 0 Å². The average Bonchev–Trinajstić information content (AvgIpc) is 2.47. The maximum atomic E-state index is 12.4. The Morgan fingerprint density at radius 2 is 2.00 bits per heavy atom. The zero-order valence-electron chi connectivity index (χ0n) is 12.6. The Labute approximate surface area is 121 Å². The van der Waals surface area contributed by atoms with Crippen LogP contribution < -0.4 is 10.1 Å². The molecular weight excluding hydrogens is 252 g/mol. The van der Waals surface area contributed by atoms with Crippen molar-refractivity contribution in [2.75, 3.05) is 25.5 Å². The number of nitrogens with one attached hydrogen (secondary N) is 1. The minimum Gasteiger partial charge on any atom is -0.495 e. The van der Waals surface area contributed by atoms with E-state index in [1.54, 1.807) is 7.11 Å². The Morgan fingerprint density at radius 3 is 2.65 bits per heavy atom. The monoisotopic (exact) mass is 276 g/mol. The molecule has 1 aliphatic heterocycles. The Morgan fingerprint density at radius 1 is 1.30 bits per heavy atom. The van der Waals surface area contributed by atoms with Crippen LogP contribution in [-0.2, 0) is 4.79 Å². The van der Waals surface area contributed by atoms with Crippen molar-refractivity contribution in [2.24, 2.45) is 0 Å². The van der Waals surface area contributed by atoms with Crippen LogP contribution in [0.3, 0.4) is 0 Å². The van der Waals surface area contributed by atoms with Gasteiger partial charge >= 0.3 is 0 Å². The number of anilines is 1. The molecule has 1 fully saturated rings. The second-order valence-corrected chi connectivity index (χ2v) is 5.47. The summed E-state index contributed by atoms with van der Waals surface area (Å²) >= 11 is 0. The third kappa shape index (κ3) is 3.51. The minimum atomic E-state index is -0.0967. The number of piperidine rings is 1. The van der Waals surface area contributed by atoms with Gasteiger partial charge in [0.1, 0.15) is 5.75 Å². The molecule has 0 bridgehead atoms. The van der Waals surface area contributed by atoms with Crippen molar-refractivity contribution in [3.8, 4) is 5.75 Å². The van der Waals surface area contributed by atoms with E-state index in [0.717, 1.165) is 24.3 Å². The Bertz CT molecular complexity index is 468. The number of carbonyl (C=O) groups is 1. The highest BCUT2D eigenvalue weighted by Crippen LogP contribution is 2.25. The maximum Gasteiger partial charge on any atom is 0.241 e. The van der Waals surface area contributed by atoms with Crippen molar-refractivity contribution in [1.82, 2.24) is 4.90 Å². The van der Waals surface area contributed by atoms with E-state index in [0.29, 0.717) is 5.75 Å². The molecule has 1 heterocycles. The summed E-state index contributed by atoms with van der Waals surface area (Å²) in [6.45, 7) is 6.01. The highest BCUT2D eigenvalue weighted by molar-refractivity contribution is 5.95. The van der Waals surface area contributed by atoms with Crippen LogP contribution in [-0.4, -0.2) is 37.0 Å². The Kier molecular flexibility index (Phi) is 5.01. The molecule has 1 N–H and O–H groups in total. The smallest absolute Gasteiger partial charge is 0.241 e. The number of rotatable bonds is 4. The summed E-state index contributed by atoms with van der Waals surface area (Å²) in [6.07, 6.45) is 3.65. The molecule has 4 nitrogen and oxygen atoms in total. The fourth-order valence-corrected chi connectivity index (χ4v) is 2.63. The van der Waals surface area contributed by atoms with Gasteiger partial charge in [-0.1, -0.05) is 12.5 Å². The van der Waals surface area contributed by atoms with Gasteiger partial charge < -0.3 is 10.1 Å². The van der Waals surface area contributed by atoms with E-state index >= 15 is 0 Å². The summed E-state index contributed by atoms with van der Waals surface area (Å²) in [5, 5.41) is 2.99. The number of hydrogen-bond acceptors (Lipinski definition) is 3. The number of nitrogens with zero attached hydrogens (tertiary/aromatic N) is 1. The molecule has 0 radical (unpaired) electrons. The summed E-state index contributed by atoms with van der Waals surface area (Å²) in [5.41, 5.74) is 1.85. The molecule has 1 aromatic rings. The summed E-state index contributed by atoms with van der Waals surface area (Å²) in [4.78, 5) is 14.6. The van der Waals surface area contributed by atoms with Gasteiger partial charge in [-0.2, -0.15) is 0 Å².